The summed E-state index contributed by atoms with van der Waals surface area (Å²) in [6.45, 7) is 6.22. The van der Waals surface area contributed by atoms with Crippen LogP contribution >= 0.6 is 0 Å². The number of para-hydroxylation sites is 1. The van der Waals surface area contributed by atoms with Gasteiger partial charge in [-0.2, -0.15) is 0 Å². The van der Waals surface area contributed by atoms with E-state index in [9.17, 15) is 5.11 Å². The first-order valence-electron chi connectivity index (χ1n) is 6.10. The number of aromatic nitrogens is 1. The van der Waals surface area contributed by atoms with Gasteiger partial charge in [0.15, 0.2) is 0 Å². The van der Waals surface area contributed by atoms with Crippen molar-refractivity contribution in [2.45, 2.75) is 33.3 Å². The molecule has 92 valence electrons. The number of aryl methyl sites for hydroxylation is 1. The Bertz CT molecular complexity index is 519. The van der Waals surface area contributed by atoms with Gasteiger partial charge in [-0.1, -0.05) is 39.0 Å². The summed E-state index contributed by atoms with van der Waals surface area (Å²) in [5.74, 6) is 0. The van der Waals surface area contributed by atoms with Crippen LogP contribution in [0.15, 0.2) is 30.5 Å². The molecule has 1 unspecified atom stereocenters. The summed E-state index contributed by atoms with van der Waals surface area (Å²) in [7, 11) is 2.05. The van der Waals surface area contributed by atoms with Crippen LogP contribution in [0.25, 0.3) is 10.9 Å². The molecule has 2 rings (SSSR count). The Hall–Kier alpha value is -1.28. The summed E-state index contributed by atoms with van der Waals surface area (Å²) in [5, 5.41) is 11.4. The number of hydrogen-bond acceptors (Lipinski definition) is 1. The quantitative estimate of drug-likeness (QED) is 0.844. The van der Waals surface area contributed by atoms with Crippen LogP contribution in [0, 0.1) is 5.41 Å². The lowest BCUT2D eigenvalue weighted by atomic mass is 9.85. The lowest BCUT2D eigenvalue weighted by Gasteiger charge is -2.25. The number of aliphatic hydroxyl groups is 1. The zero-order chi connectivity index (χ0) is 12.6. The lowest BCUT2D eigenvalue weighted by molar-refractivity contribution is 0.0638. The maximum atomic E-state index is 10.2. The van der Waals surface area contributed by atoms with Crippen molar-refractivity contribution in [1.29, 1.82) is 0 Å². The Balaban J connectivity index is 2.37. The van der Waals surface area contributed by atoms with Gasteiger partial charge in [-0.15, -0.1) is 0 Å². The molecule has 1 N–H and O–H groups in total. The molecule has 1 atom stereocenters. The molecule has 2 heteroatoms. The van der Waals surface area contributed by atoms with Gasteiger partial charge in [-0.05, 0) is 17.0 Å². The summed E-state index contributed by atoms with van der Waals surface area (Å²) in [6, 6.07) is 8.34. The molecule has 0 bridgehead atoms. The zero-order valence-corrected chi connectivity index (χ0v) is 11.1. The molecule has 0 aliphatic carbocycles. The average Bonchev–Trinajstić information content (AvgIpc) is 2.56. The van der Waals surface area contributed by atoms with Crippen molar-refractivity contribution < 1.29 is 5.11 Å². The van der Waals surface area contributed by atoms with Crippen LogP contribution in [0.5, 0.6) is 0 Å². The van der Waals surface area contributed by atoms with Gasteiger partial charge in [0, 0.05) is 30.6 Å². The second-order valence-corrected chi connectivity index (χ2v) is 5.87. The minimum atomic E-state index is -0.312. The number of fused-ring (bicyclic) bond motifs is 1. The molecule has 1 aromatic carbocycles. The van der Waals surface area contributed by atoms with Gasteiger partial charge < -0.3 is 9.67 Å². The third-order valence-electron chi connectivity index (χ3n) is 3.39. The molecule has 0 saturated heterocycles. The first kappa shape index (κ1) is 12.2. The molecule has 1 heterocycles. The van der Waals surface area contributed by atoms with Gasteiger partial charge in [0.1, 0.15) is 0 Å². The van der Waals surface area contributed by atoms with Crippen molar-refractivity contribution in [3.05, 3.63) is 36.0 Å². The van der Waals surface area contributed by atoms with Crippen LogP contribution in [0.3, 0.4) is 0 Å². The largest absolute Gasteiger partial charge is 0.392 e. The first-order chi connectivity index (χ1) is 7.89. The molecular weight excluding hydrogens is 210 g/mol. The highest BCUT2D eigenvalue weighted by Crippen LogP contribution is 2.27. The standard InChI is InChI=1S/C15H21NO/c1-15(2,3)14(17)9-11-10-16(4)13-8-6-5-7-12(11)13/h5-8,10,14,17H,9H2,1-4H3. The minimum absolute atomic E-state index is 0.0725. The van der Waals surface area contributed by atoms with E-state index >= 15 is 0 Å². The highest BCUT2D eigenvalue weighted by molar-refractivity contribution is 5.83. The molecule has 0 spiro atoms. The van der Waals surface area contributed by atoms with E-state index in [4.69, 9.17) is 0 Å². The second kappa shape index (κ2) is 4.19. The van der Waals surface area contributed by atoms with Gasteiger partial charge in [0.2, 0.25) is 0 Å². The van der Waals surface area contributed by atoms with Gasteiger partial charge in [-0.3, -0.25) is 0 Å². The van der Waals surface area contributed by atoms with Crippen LogP contribution in [0.2, 0.25) is 0 Å². The van der Waals surface area contributed by atoms with Gasteiger partial charge in [0.25, 0.3) is 0 Å². The Labute approximate surface area is 103 Å². The topological polar surface area (TPSA) is 25.2 Å². The van der Waals surface area contributed by atoms with E-state index in [1.54, 1.807) is 0 Å². The van der Waals surface area contributed by atoms with Gasteiger partial charge in [0.05, 0.1) is 6.10 Å². The average molecular weight is 231 g/mol. The molecule has 0 aliphatic heterocycles. The van der Waals surface area contributed by atoms with E-state index in [0.29, 0.717) is 6.42 Å². The monoisotopic (exact) mass is 231 g/mol. The molecule has 0 fully saturated rings. The number of benzene rings is 1. The summed E-state index contributed by atoms with van der Waals surface area (Å²) in [6.07, 6.45) is 2.53. The molecule has 0 amide bonds. The van der Waals surface area contributed by atoms with Crippen molar-refractivity contribution in [2.75, 3.05) is 0 Å². The fourth-order valence-electron chi connectivity index (χ4n) is 2.10. The minimum Gasteiger partial charge on any atom is -0.392 e. The number of hydrogen-bond donors (Lipinski definition) is 1. The van der Waals surface area contributed by atoms with E-state index in [0.717, 1.165) is 0 Å². The Kier molecular flexibility index (Phi) is 3.00. The van der Waals surface area contributed by atoms with Crippen molar-refractivity contribution in [2.24, 2.45) is 12.5 Å². The molecule has 0 saturated carbocycles. The summed E-state index contributed by atoms with van der Waals surface area (Å²) in [4.78, 5) is 0. The second-order valence-electron chi connectivity index (χ2n) is 5.87. The highest BCUT2D eigenvalue weighted by atomic mass is 16.3. The predicted molar refractivity (Wildman–Crippen MR) is 72.1 cm³/mol. The van der Waals surface area contributed by atoms with Crippen LogP contribution in [0.1, 0.15) is 26.3 Å². The summed E-state index contributed by atoms with van der Waals surface area (Å²) in [5.41, 5.74) is 2.38. The molecule has 0 radical (unpaired) electrons. The Morgan fingerprint density at radius 2 is 1.88 bits per heavy atom. The van der Waals surface area contributed by atoms with Crippen molar-refractivity contribution >= 4 is 10.9 Å². The third kappa shape index (κ3) is 2.37. The molecule has 0 aliphatic rings. The maximum Gasteiger partial charge on any atom is 0.0629 e. The SMILES string of the molecule is Cn1cc(CC(O)C(C)(C)C)c2ccccc21. The van der Waals surface area contributed by atoms with E-state index in [1.165, 1.54) is 16.5 Å². The van der Waals surface area contributed by atoms with Crippen LogP contribution in [0.4, 0.5) is 0 Å². The van der Waals surface area contributed by atoms with Gasteiger partial charge >= 0.3 is 0 Å². The Morgan fingerprint density at radius 1 is 1.24 bits per heavy atom. The fourth-order valence-corrected chi connectivity index (χ4v) is 2.10. The van der Waals surface area contributed by atoms with Crippen LogP contribution < -0.4 is 0 Å². The summed E-state index contributed by atoms with van der Waals surface area (Å²) >= 11 is 0. The van der Waals surface area contributed by atoms with E-state index in [-0.39, 0.29) is 11.5 Å². The number of nitrogens with zero attached hydrogens (tertiary/aromatic N) is 1. The van der Waals surface area contributed by atoms with E-state index in [2.05, 4.69) is 56.8 Å². The number of aliphatic hydroxyl groups excluding tert-OH is 1. The van der Waals surface area contributed by atoms with Crippen LogP contribution in [-0.4, -0.2) is 15.8 Å². The lowest BCUT2D eigenvalue weighted by Crippen LogP contribution is -2.27. The normalized spacial score (nSPS) is 14.2. The highest BCUT2D eigenvalue weighted by Gasteiger charge is 2.23. The predicted octanol–water partition coefficient (Wildman–Crippen LogP) is 3.13. The smallest absolute Gasteiger partial charge is 0.0629 e. The van der Waals surface area contributed by atoms with Gasteiger partial charge in [-0.25, -0.2) is 0 Å². The summed E-state index contributed by atoms with van der Waals surface area (Å²) < 4.78 is 2.13. The molecule has 2 aromatic rings. The maximum absolute atomic E-state index is 10.2. The van der Waals surface area contributed by atoms with E-state index in [1.807, 2.05) is 6.07 Å². The molecule has 17 heavy (non-hydrogen) atoms. The molecule has 2 nitrogen and oxygen atoms in total. The Morgan fingerprint density at radius 3 is 2.53 bits per heavy atom. The van der Waals surface area contributed by atoms with Crippen molar-refractivity contribution in [3.8, 4) is 0 Å². The first-order valence-corrected chi connectivity index (χ1v) is 6.10. The molecular formula is C15H21NO. The number of rotatable bonds is 2. The fraction of sp³-hybridized carbons (Fsp3) is 0.467. The van der Waals surface area contributed by atoms with E-state index < -0.39 is 0 Å². The molecule has 1 aromatic heterocycles. The zero-order valence-electron chi connectivity index (χ0n) is 11.1. The van der Waals surface area contributed by atoms with Crippen molar-refractivity contribution in [3.63, 3.8) is 0 Å². The van der Waals surface area contributed by atoms with Crippen LogP contribution in [-0.2, 0) is 13.5 Å². The third-order valence-corrected chi connectivity index (χ3v) is 3.39. The van der Waals surface area contributed by atoms with Crippen molar-refractivity contribution in [1.82, 2.24) is 4.57 Å².